The van der Waals surface area contributed by atoms with Crippen LogP contribution in [0, 0.1) is 6.92 Å². The van der Waals surface area contributed by atoms with E-state index in [2.05, 4.69) is 10.4 Å². The maximum atomic E-state index is 12.6. The number of halogens is 1. The third-order valence-electron chi connectivity index (χ3n) is 4.02. The number of carbonyl (C=O) groups is 2. The zero-order chi connectivity index (χ0) is 18.7. The Morgan fingerprint density at radius 2 is 1.73 bits per heavy atom. The number of aromatic nitrogens is 2. The minimum atomic E-state index is -0.331. The van der Waals surface area contributed by atoms with Crippen LogP contribution < -0.4 is 5.32 Å². The summed E-state index contributed by atoms with van der Waals surface area (Å²) in [6.07, 6.45) is 0. The molecule has 0 aliphatic rings. The lowest BCUT2D eigenvalue weighted by atomic mass is 10.1. The highest BCUT2D eigenvalue weighted by Gasteiger charge is 2.20. The van der Waals surface area contributed by atoms with E-state index >= 15 is 0 Å². The molecule has 0 fully saturated rings. The molecule has 0 aliphatic carbocycles. The number of benzene rings is 2. The van der Waals surface area contributed by atoms with E-state index in [-0.39, 0.29) is 11.7 Å². The van der Waals surface area contributed by atoms with E-state index in [0.29, 0.717) is 34.2 Å². The number of anilines is 1. The summed E-state index contributed by atoms with van der Waals surface area (Å²) in [6, 6.07) is 16.5. The van der Waals surface area contributed by atoms with Gasteiger partial charge in [-0.15, -0.1) is 0 Å². The van der Waals surface area contributed by atoms with Crippen LogP contribution in [0.3, 0.4) is 0 Å². The maximum Gasteiger partial charge on any atom is 0.260 e. The molecular formula is C20H18ClN3O2. The molecule has 26 heavy (non-hydrogen) atoms. The molecular weight excluding hydrogens is 350 g/mol. The number of aryl methyl sites for hydroxylation is 1. The Labute approximate surface area is 156 Å². The molecule has 5 nitrogen and oxygen atoms in total. The molecule has 0 radical (unpaired) electrons. The zero-order valence-electron chi connectivity index (χ0n) is 14.5. The van der Waals surface area contributed by atoms with Gasteiger partial charge in [-0.05, 0) is 43.7 Å². The van der Waals surface area contributed by atoms with Gasteiger partial charge in [0.25, 0.3) is 5.91 Å². The second-order valence-corrected chi connectivity index (χ2v) is 6.34. The second kappa shape index (κ2) is 7.54. The fourth-order valence-electron chi connectivity index (χ4n) is 2.65. The standard InChI is InChI=1S/C20H18ClN3O2/c1-13-18(19(21)24(23-13)12-15-6-4-3-5-7-15)20(26)22-17-10-8-16(9-11-17)14(2)25/h3-11H,12H2,1-2H3,(H,22,26). The second-order valence-electron chi connectivity index (χ2n) is 5.98. The van der Waals surface area contributed by atoms with Crippen molar-refractivity contribution in [2.45, 2.75) is 20.4 Å². The summed E-state index contributed by atoms with van der Waals surface area (Å²) in [7, 11) is 0. The number of carbonyl (C=O) groups excluding carboxylic acids is 2. The molecule has 3 rings (SSSR count). The van der Waals surface area contributed by atoms with Crippen LogP contribution in [0.2, 0.25) is 5.15 Å². The van der Waals surface area contributed by atoms with Crippen LogP contribution >= 0.6 is 11.6 Å². The van der Waals surface area contributed by atoms with Crippen LogP contribution in [-0.4, -0.2) is 21.5 Å². The lowest BCUT2D eigenvalue weighted by molar-refractivity contribution is 0.101. The van der Waals surface area contributed by atoms with Gasteiger partial charge < -0.3 is 5.32 Å². The first-order valence-corrected chi connectivity index (χ1v) is 8.52. The third kappa shape index (κ3) is 3.83. The molecule has 1 heterocycles. The first-order valence-electron chi connectivity index (χ1n) is 8.15. The van der Waals surface area contributed by atoms with Crippen molar-refractivity contribution < 1.29 is 9.59 Å². The molecule has 6 heteroatoms. The smallest absolute Gasteiger partial charge is 0.260 e. The van der Waals surface area contributed by atoms with Gasteiger partial charge in [0.1, 0.15) is 5.15 Å². The molecule has 1 amide bonds. The van der Waals surface area contributed by atoms with Gasteiger partial charge in [0.05, 0.1) is 17.8 Å². The number of ketones is 1. The van der Waals surface area contributed by atoms with Crippen LogP contribution in [0.25, 0.3) is 0 Å². The first-order chi connectivity index (χ1) is 12.5. The minimum Gasteiger partial charge on any atom is -0.322 e. The summed E-state index contributed by atoms with van der Waals surface area (Å²) in [5, 5.41) is 7.48. The van der Waals surface area contributed by atoms with Gasteiger partial charge in [0, 0.05) is 11.3 Å². The van der Waals surface area contributed by atoms with E-state index in [4.69, 9.17) is 11.6 Å². The number of amides is 1. The monoisotopic (exact) mass is 367 g/mol. The van der Waals surface area contributed by atoms with Crippen molar-refractivity contribution in [1.82, 2.24) is 9.78 Å². The maximum absolute atomic E-state index is 12.6. The Balaban J connectivity index is 1.80. The molecule has 1 aromatic heterocycles. The number of Topliss-reactive ketones (excluding diaryl/α,β-unsaturated/α-hetero) is 1. The van der Waals surface area contributed by atoms with Gasteiger partial charge >= 0.3 is 0 Å². The summed E-state index contributed by atoms with van der Waals surface area (Å²) in [5.74, 6) is -0.355. The van der Waals surface area contributed by atoms with Crippen molar-refractivity contribution in [3.8, 4) is 0 Å². The largest absolute Gasteiger partial charge is 0.322 e. The van der Waals surface area contributed by atoms with Crippen LogP contribution in [0.1, 0.15) is 38.9 Å². The minimum absolute atomic E-state index is 0.0241. The normalized spacial score (nSPS) is 10.6. The molecule has 0 atom stereocenters. The van der Waals surface area contributed by atoms with E-state index in [0.717, 1.165) is 5.56 Å². The van der Waals surface area contributed by atoms with E-state index in [1.165, 1.54) is 6.92 Å². The average Bonchev–Trinajstić information content (AvgIpc) is 2.90. The Kier molecular flexibility index (Phi) is 5.19. The van der Waals surface area contributed by atoms with Gasteiger partial charge in [-0.1, -0.05) is 41.9 Å². The number of nitrogens with zero attached hydrogens (tertiary/aromatic N) is 2. The van der Waals surface area contributed by atoms with Crippen molar-refractivity contribution in [3.05, 3.63) is 82.1 Å². The SMILES string of the molecule is CC(=O)c1ccc(NC(=O)c2c(C)nn(Cc3ccccc3)c2Cl)cc1. The molecule has 0 saturated heterocycles. The van der Waals surface area contributed by atoms with Gasteiger partial charge in [-0.3, -0.25) is 9.59 Å². The van der Waals surface area contributed by atoms with Crippen molar-refractivity contribution in [2.24, 2.45) is 0 Å². The predicted octanol–water partition coefficient (Wildman–Crippen LogP) is 4.35. The molecule has 0 saturated carbocycles. The van der Waals surface area contributed by atoms with Crippen molar-refractivity contribution >= 4 is 29.0 Å². The van der Waals surface area contributed by atoms with Gasteiger partial charge in [0.2, 0.25) is 0 Å². The zero-order valence-corrected chi connectivity index (χ0v) is 15.2. The number of nitrogens with one attached hydrogen (secondary N) is 1. The van der Waals surface area contributed by atoms with Crippen molar-refractivity contribution in [1.29, 1.82) is 0 Å². The molecule has 2 aromatic carbocycles. The molecule has 0 spiro atoms. The topological polar surface area (TPSA) is 64.0 Å². The summed E-state index contributed by atoms with van der Waals surface area (Å²) in [4.78, 5) is 24.0. The van der Waals surface area contributed by atoms with Crippen LogP contribution in [0.4, 0.5) is 5.69 Å². The Morgan fingerprint density at radius 3 is 2.35 bits per heavy atom. The summed E-state index contributed by atoms with van der Waals surface area (Å²) in [5.41, 5.74) is 3.13. The van der Waals surface area contributed by atoms with E-state index in [9.17, 15) is 9.59 Å². The number of rotatable bonds is 5. The number of hydrogen-bond donors (Lipinski definition) is 1. The van der Waals surface area contributed by atoms with Crippen LogP contribution in [-0.2, 0) is 6.54 Å². The molecule has 1 N–H and O–H groups in total. The van der Waals surface area contributed by atoms with E-state index < -0.39 is 0 Å². The molecule has 132 valence electrons. The van der Waals surface area contributed by atoms with Crippen molar-refractivity contribution in [2.75, 3.05) is 5.32 Å². The van der Waals surface area contributed by atoms with E-state index in [1.807, 2.05) is 30.3 Å². The van der Waals surface area contributed by atoms with Crippen LogP contribution in [0.5, 0.6) is 0 Å². The fourth-order valence-corrected chi connectivity index (χ4v) is 2.97. The highest BCUT2D eigenvalue weighted by molar-refractivity contribution is 6.33. The Hall–Kier alpha value is -2.92. The lowest BCUT2D eigenvalue weighted by Gasteiger charge is -2.06. The molecule has 0 aliphatic heterocycles. The number of hydrogen-bond acceptors (Lipinski definition) is 3. The molecule has 3 aromatic rings. The van der Waals surface area contributed by atoms with E-state index in [1.54, 1.807) is 35.9 Å². The summed E-state index contributed by atoms with van der Waals surface area (Å²) >= 11 is 6.40. The Morgan fingerprint density at radius 1 is 1.08 bits per heavy atom. The Bertz CT molecular complexity index is 947. The lowest BCUT2D eigenvalue weighted by Crippen LogP contribution is -2.13. The molecule has 0 bridgehead atoms. The molecule has 0 unspecified atom stereocenters. The highest BCUT2D eigenvalue weighted by Crippen LogP contribution is 2.22. The quantitative estimate of drug-likeness (QED) is 0.682. The van der Waals surface area contributed by atoms with Gasteiger partial charge in [-0.2, -0.15) is 5.10 Å². The van der Waals surface area contributed by atoms with Gasteiger partial charge in [0.15, 0.2) is 5.78 Å². The first kappa shape index (κ1) is 17.9. The fraction of sp³-hybridized carbons (Fsp3) is 0.150. The van der Waals surface area contributed by atoms with Crippen molar-refractivity contribution in [3.63, 3.8) is 0 Å². The third-order valence-corrected chi connectivity index (χ3v) is 4.40. The van der Waals surface area contributed by atoms with Gasteiger partial charge in [-0.25, -0.2) is 4.68 Å². The summed E-state index contributed by atoms with van der Waals surface area (Å²) in [6.45, 7) is 3.74. The average molecular weight is 368 g/mol. The highest BCUT2D eigenvalue weighted by atomic mass is 35.5. The summed E-state index contributed by atoms with van der Waals surface area (Å²) < 4.78 is 1.61. The predicted molar refractivity (Wildman–Crippen MR) is 102 cm³/mol. The van der Waals surface area contributed by atoms with Crippen LogP contribution in [0.15, 0.2) is 54.6 Å².